The van der Waals surface area contributed by atoms with Gasteiger partial charge in [0.25, 0.3) is 0 Å². The van der Waals surface area contributed by atoms with E-state index in [1.807, 2.05) is 0 Å². The molecule has 1 unspecified atom stereocenters. The van der Waals surface area contributed by atoms with E-state index < -0.39 is 0 Å². The molecule has 0 saturated heterocycles. The number of aryl methyl sites for hydroxylation is 1. The molecule has 1 saturated carbocycles. The van der Waals surface area contributed by atoms with Crippen LogP contribution in [0.1, 0.15) is 44.2 Å². The van der Waals surface area contributed by atoms with Gasteiger partial charge in [-0.15, -0.1) is 0 Å². The van der Waals surface area contributed by atoms with Gasteiger partial charge >= 0.3 is 0 Å². The van der Waals surface area contributed by atoms with E-state index in [1.165, 1.54) is 30.4 Å². The lowest BCUT2D eigenvalue weighted by atomic mass is 9.90. The van der Waals surface area contributed by atoms with Gasteiger partial charge in [-0.3, -0.25) is 0 Å². The minimum atomic E-state index is 0.700. The molecule has 112 valence electrons. The van der Waals surface area contributed by atoms with E-state index in [0.29, 0.717) is 5.92 Å². The summed E-state index contributed by atoms with van der Waals surface area (Å²) in [5, 5.41) is 3.69. The summed E-state index contributed by atoms with van der Waals surface area (Å²) in [5.41, 5.74) is 2.68. The summed E-state index contributed by atoms with van der Waals surface area (Å²) < 4.78 is 5.52. The molecule has 2 nitrogen and oxygen atoms in total. The number of methoxy groups -OCH3 is 1. The molecular formula is C18H29NO. The molecule has 1 aliphatic carbocycles. The van der Waals surface area contributed by atoms with E-state index in [4.69, 9.17) is 4.74 Å². The molecule has 20 heavy (non-hydrogen) atoms. The van der Waals surface area contributed by atoms with E-state index in [0.717, 1.165) is 30.7 Å². The fourth-order valence-corrected chi connectivity index (χ4v) is 2.90. The van der Waals surface area contributed by atoms with Gasteiger partial charge in [0.05, 0.1) is 7.11 Å². The van der Waals surface area contributed by atoms with Crippen LogP contribution < -0.4 is 10.1 Å². The highest BCUT2D eigenvalue weighted by molar-refractivity contribution is 5.37. The maximum atomic E-state index is 5.52. The molecular weight excluding hydrogens is 246 g/mol. The largest absolute Gasteiger partial charge is 0.496 e. The van der Waals surface area contributed by atoms with Crippen molar-refractivity contribution in [3.63, 3.8) is 0 Å². The first-order valence-corrected chi connectivity index (χ1v) is 7.95. The van der Waals surface area contributed by atoms with Crippen molar-refractivity contribution >= 4 is 0 Å². The van der Waals surface area contributed by atoms with Gasteiger partial charge in [0.1, 0.15) is 5.75 Å². The molecule has 0 heterocycles. The van der Waals surface area contributed by atoms with Crippen molar-refractivity contribution in [3.8, 4) is 5.75 Å². The minimum absolute atomic E-state index is 0.700. The molecule has 1 atom stereocenters. The highest BCUT2D eigenvalue weighted by Crippen LogP contribution is 2.26. The number of nitrogens with one attached hydrogen (secondary N) is 1. The summed E-state index contributed by atoms with van der Waals surface area (Å²) in [7, 11) is 1.77. The molecule has 0 amide bonds. The predicted octanol–water partition coefficient (Wildman–Crippen LogP) is 3.96. The van der Waals surface area contributed by atoms with Crippen molar-refractivity contribution in [2.24, 2.45) is 11.8 Å². The first kappa shape index (κ1) is 15.4. The molecule has 2 rings (SSSR count). The molecule has 1 fully saturated rings. The zero-order valence-corrected chi connectivity index (χ0v) is 13.4. The topological polar surface area (TPSA) is 21.3 Å². The van der Waals surface area contributed by atoms with Crippen LogP contribution in [0.2, 0.25) is 0 Å². The van der Waals surface area contributed by atoms with Gasteiger partial charge in [-0.2, -0.15) is 0 Å². The fourth-order valence-electron chi connectivity index (χ4n) is 2.90. The summed E-state index contributed by atoms with van der Waals surface area (Å²) >= 11 is 0. The first-order valence-electron chi connectivity index (χ1n) is 7.95. The first-order chi connectivity index (χ1) is 9.58. The second kappa shape index (κ2) is 7.12. The maximum absolute atomic E-state index is 5.52. The molecule has 0 aromatic heterocycles. The summed E-state index contributed by atoms with van der Waals surface area (Å²) in [6.07, 6.45) is 5.11. The number of ether oxygens (including phenoxy) is 1. The van der Waals surface area contributed by atoms with E-state index in [9.17, 15) is 0 Å². The molecule has 0 bridgehead atoms. The van der Waals surface area contributed by atoms with Gasteiger partial charge in [-0.05, 0) is 62.6 Å². The van der Waals surface area contributed by atoms with E-state index in [2.05, 4.69) is 44.3 Å². The number of rotatable bonds is 8. The molecule has 0 radical (unpaired) electrons. The lowest BCUT2D eigenvalue weighted by Crippen LogP contribution is -2.27. The van der Waals surface area contributed by atoms with Crippen LogP contribution in [-0.4, -0.2) is 19.7 Å². The van der Waals surface area contributed by atoms with Crippen molar-refractivity contribution < 1.29 is 4.74 Å². The average molecular weight is 275 g/mol. The second-order valence-corrected chi connectivity index (χ2v) is 6.70. The molecule has 1 aromatic carbocycles. The fraction of sp³-hybridized carbons (Fsp3) is 0.667. The summed E-state index contributed by atoms with van der Waals surface area (Å²) in [5.74, 6) is 2.49. The van der Waals surface area contributed by atoms with Crippen LogP contribution in [-0.2, 0) is 6.42 Å². The normalized spacial score (nSPS) is 16.4. The van der Waals surface area contributed by atoms with Gasteiger partial charge in [0, 0.05) is 6.04 Å². The summed E-state index contributed by atoms with van der Waals surface area (Å²) in [6, 6.07) is 7.31. The van der Waals surface area contributed by atoms with Crippen LogP contribution in [0.3, 0.4) is 0 Å². The van der Waals surface area contributed by atoms with Crippen LogP contribution in [0.4, 0.5) is 0 Å². The highest BCUT2D eigenvalue weighted by Gasteiger charge is 2.22. The van der Waals surface area contributed by atoms with Crippen LogP contribution in [0.5, 0.6) is 5.75 Å². The molecule has 1 aromatic rings. The van der Waals surface area contributed by atoms with E-state index in [-0.39, 0.29) is 0 Å². The zero-order valence-electron chi connectivity index (χ0n) is 13.4. The standard InChI is InChI=1S/C18H29NO/c1-13(2)9-15(12-19-17-6-7-17)11-16-10-14(3)5-8-18(16)20-4/h5,8,10,13,15,17,19H,6-7,9,11-12H2,1-4H3. The van der Waals surface area contributed by atoms with E-state index in [1.54, 1.807) is 7.11 Å². The molecule has 1 aliphatic rings. The molecule has 1 N–H and O–H groups in total. The Bertz CT molecular complexity index is 423. The number of hydrogen-bond donors (Lipinski definition) is 1. The number of hydrogen-bond acceptors (Lipinski definition) is 2. The molecule has 0 aliphatic heterocycles. The Morgan fingerprint density at radius 3 is 2.65 bits per heavy atom. The Hall–Kier alpha value is -1.02. The SMILES string of the molecule is COc1ccc(C)cc1CC(CNC1CC1)CC(C)C. The van der Waals surface area contributed by atoms with Gasteiger partial charge in [0.15, 0.2) is 0 Å². The Morgan fingerprint density at radius 1 is 1.30 bits per heavy atom. The van der Waals surface area contributed by atoms with Gasteiger partial charge in [0.2, 0.25) is 0 Å². The van der Waals surface area contributed by atoms with Crippen LogP contribution in [0.25, 0.3) is 0 Å². The van der Waals surface area contributed by atoms with Gasteiger partial charge in [-0.1, -0.05) is 31.5 Å². The monoisotopic (exact) mass is 275 g/mol. The Labute approximate surface area is 123 Å². The Kier molecular flexibility index (Phi) is 5.47. The molecule has 0 spiro atoms. The summed E-state index contributed by atoms with van der Waals surface area (Å²) in [4.78, 5) is 0. The van der Waals surface area contributed by atoms with Crippen molar-refractivity contribution in [2.75, 3.05) is 13.7 Å². The summed E-state index contributed by atoms with van der Waals surface area (Å²) in [6.45, 7) is 7.93. The van der Waals surface area contributed by atoms with Crippen molar-refractivity contribution in [3.05, 3.63) is 29.3 Å². The quantitative estimate of drug-likeness (QED) is 0.775. The zero-order chi connectivity index (χ0) is 14.5. The molecule has 2 heteroatoms. The second-order valence-electron chi connectivity index (χ2n) is 6.70. The Balaban J connectivity index is 2.02. The third-order valence-corrected chi connectivity index (χ3v) is 4.02. The smallest absolute Gasteiger partial charge is 0.122 e. The average Bonchev–Trinajstić information content (AvgIpc) is 3.19. The van der Waals surface area contributed by atoms with Crippen LogP contribution >= 0.6 is 0 Å². The third-order valence-electron chi connectivity index (χ3n) is 4.02. The number of benzene rings is 1. The lowest BCUT2D eigenvalue weighted by Gasteiger charge is -2.21. The van der Waals surface area contributed by atoms with Gasteiger partial charge in [-0.25, -0.2) is 0 Å². The van der Waals surface area contributed by atoms with Gasteiger partial charge < -0.3 is 10.1 Å². The minimum Gasteiger partial charge on any atom is -0.496 e. The Morgan fingerprint density at radius 2 is 2.05 bits per heavy atom. The lowest BCUT2D eigenvalue weighted by molar-refractivity contribution is 0.370. The highest BCUT2D eigenvalue weighted by atomic mass is 16.5. The van der Waals surface area contributed by atoms with Crippen LogP contribution in [0, 0.1) is 18.8 Å². The van der Waals surface area contributed by atoms with Crippen molar-refractivity contribution in [1.82, 2.24) is 5.32 Å². The van der Waals surface area contributed by atoms with E-state index >= 15 is 0 Å². The predicted molar refractivity (Wildman–Crippen MR) is 85.4 cm³/mol. The van der Waals surface area contributed by atoms with Crippen molar-refractivity contribution in [1.29, 1.82) is 0 Å². The van der Waals surface area contributed by atoms with Crippen molar-refractivity contribution in [2.45, 2.75) is 52.5 Å². The van der Waals surface area contributed by atoms with Crippen LogP contribution in [0.15, 0.2) is 18.2 Å². The third kappa shape index (κ3) is 4.82. The maximum Gasteiger partial charge on any atom is 0.122 e.